The van der Waals surface area contributed by atoms with Crippen LogP contribution >= 0.6 is 0 Å². The van der Waals surface area contributed by atoms with Crippen LogP contribution in [0.2, 0.25) is 0 Å². The first kappa shape index (κ1) is 22.4. The monoisotopic (exact) mass is 412 g/mol. The maximum absolute atomic E-state index is 6.14. The molecule has 1 heterocycles. The third kappa shape index (κ3) is 5.08. The lowest BCUT2D eigenvalue weighted by Gasteiger charge is -2.30. The maximum Gasteiger partial charge on any atom is 0.161 e. The standard InChI is InChI=1S/C25H36N2O3/c1-17(2)18-8-9-22(28-5)21(14-18)25-20-16-24(30-13-7-12-27(3)4)23(29-6)15-19(20)10-11-26-25/h8-9,14-17,25-26H,7,10-13H2,1-6H3. The fourth-order valence-corrected chi connectivity index (χ4v) is 4.01. The van der Waals surface area contributed by atoms with Crippen LogP contribution in [-0.4, -0.2) is 52.9 Å². The van der Waals surface area contributed by atoms with E-state index in [9.17, 15) is 0 Å². The number of nitrogens with zero attached hydrogens (tertiary/aromatic N) is 1. The smallest absolute Gasteiger partial charge is 0.161 e. The first-order valence-corrected chi connectivity index (χ1v) is 10.8. The summed E-state index contributed by atoms with van der Waals surface area (Å²) in [6.07, 6.45) is 1.94. The summed E-state index contributed by atoms with van der Waals surface area (Å²) in [6, 6.07) is 10.9. The van der Waals surface area contributed by atoms with Gasteiger partial charge >= 0.3 is 0 Å². The van der Waals surface area contributed by atoms with Crippen molar-refractivity contribution in [1.29, 1.82) is 0 Å². The van der Waals surface area contributed by atoms with Gasteiger partial charge in [0.05, 0.1) is 26.9 Å². The van der Waals surface area contributed by atoms with E-state index in [1.807, 2.05) is 0 Å². The van der Waals surface area contributed by atoms with Gasteiger partial charge in [-0.25, -0.2) is 0 Å². The number of hydrogen-bond donors (Lipinski definition) is 1. The Labute approximate surface area is 181 Å². The van der Waals surface area contributed by atoms with E-state index in [0.717, 1.165) is 43.2 Å². The van der Waals surface area contributed by atoms with Gasteiger partial charge in [0.2, 0.25) is 0 Å². The highest BCUT2D eigenvalue weighted by atomic mass is 16.5. The Hall–Kier alpha value is -2.24. The average Bonchev–Trinajstić information content (AvgIpc) is 2.75. The Morgan fingerprint density at radius 2 is 1.77 bits per heavy atom. The summed E-state index contributed by atoms with van der Waals surface area (Å²) < 4.78 is 17.5. The van der Waals surface area contributed by atoms with Crippen LogP contribution in [0.5, 0.6) is 17.2 Å². The lowest BCUT2D eigenvalue weighted by Crippen LogP contribution is -2.31. The summed E-state index contributed by atoms with van der Waals surface area (Å²) >= 11 is 0. The molecule has 1 aliphatic heterocycles. The van der Waals surface area contributed by atoms with E-state index < -0.39 is 0 Å². The third-order valence-electron chi connectivity index (χ3n) is 5.72. The summed E-state index contributed by atoms with van der Waals surface area (Å²) in [4.78, 5) is 2.17. The van der Waals surface area contributed by atoms with Crippen molar-refractivity contribution in [3.05, 3.63) is 52.6 Å². The molecular weight excluding hydrogens is 376 g/mol. The largest absolute Gasteiger partial charge is 0.496 e. The second kappa shape index (κ2) is 10.2. The van der Waals surface area contributed by atoms with Crippen LogP contribution in [-0.2, 0) is 6.42 Å². The molecule has 0 saturated heterocycles. The summed E-state index contributed by atoms with van der Waals surface area (Å²) in [5.41, 5.74) is 5.03. The van der Waals surface area contributed by atoms with Gasteiger partial charge in [-0.2, -0.15) is 0 Å². The molecule has 0 fully saturated rings. The van der Waals surface area contributed by atoms with Crippen molar-refractivity contribution in [1.82, 2.24) is 10.2 Å². The minimum atomic E-state index is 0.0671. The molecule has 0 radical (unpaired) electrons. The van der Waals surface area contributed by atoms with Crippen LogP contribution in [0.15, 0.2) is 30.3 Å². The molecule has 1 unspecified atom stereocenters. The molecule has 0 aliphatic carbocycles. The van der Waals surface area contributed by atoms with Gasteiger partial charge in [-0.15, -0.1) is 0 Å². The molecule has 5 nitrogen and oxygen atoms in total. The van der Waals surface area contributed by atoms with Crippen molar-refractivity contribution in [2.24, 2.45) is 0 Å². The number of rotatable bonds is 9. The highest BCUT2D eigenvalue weighted by molar-refractivity contribution is 5.54. The molecule has 30 heavy (non-hydrogen) atoms. The molecule has 5 heteroatoms. The van der Waals surface area contributed by atoms with Crippen LogP contribution in [0.25, 0.3) is 0 Å². The molecule has 3 rings (SSSR count). The molecule has 2 aromatic carbocycles. The molecule has 1 N–H and O–H groups in total. The van der Waals surface area contributed by atoms with E-state index in [0.29, 0.717) is 12.5 Å². The van der Waals surface area contributed by atoms with Gasteiger partial charge in [0.15, 0.2) is 11.5 Å². The highest BCUT2D eigenvalue weighted by Gasteiger charge is 2.26. The second-order valence-corrected chi connectivity index (χ2v) is 8.50. The van der Waals surface area contributed by atoms with E-state index in [2.05, 4.69) is 68.5 Å². The fraction of sp³-hybridized carbons (Fsp3) is 0.520. The Balaban J connectivity index is 1.96. The normalized spacial score (nSPS) is 15.9. The molecule has 164 valence electrons. The third-order valence-corrected chi connectivity index (χ3v) is 5.72. The van der Waals surface area contributed by atoms with Crippen LogP contribution in [0.3, 0.4) is 0 Å². The summed E-state index contributed by atoms with van der Waals surface area (Å²) in [5, 5.41) is 3.70. The molecule has 1 aliphatic rings. The Morgan fingerprint density at radius 3 is 2.43 bits per heavy atom. The topological polar surface area (TPSA) is 43.0 Å². The zero-order chi connectivity index (χ0) is 21.7. The number of methoxy groups -OCH3 is 2. The van der Waals surface area contributed by atoms with Gasteiger partial charge in [-0.3, -0.25) is 0 Å². The van der Waals surface area contributed by atoms with Gasteiger partial charge in [-0.1, -0.05) is 19.9 Å². The Kier molecular flexibility index (Phi) is 7.62. The molecule has 0 spiro atoms. The van der Waals surface area contributed by atoms with Crippen molar-refractivity contribution in [2.45, 2.75) is 38.6 Å². The average molecular weight is 413 g/mol. The zero-order valence-electron chi connectivity index (χ0n) is 19.2. The lowest BCUT2D eigenvalue weighted by atomic mass is 9.87. The first-order chi connectivity index (χ1) is 14.4. The van der Waals surface area contributed by atoms with Crippen molar-refractivity contribution >= 4 is 0 Å². The van der Waals surface area contributed by atoms with Gasteiger partial charge in [-0.05, 0) is 73.8 Å². The minimum Gasteiger partial charge on any atom is -0.496 e. The van der Waals surface area contributed by atoms with Crippen molar-refractivity contribution in [3.63, 3.8) is 0 Å². The van der Waals surface area contributed by atoms with E-state index in [1.54, 1.807) is 14.2 Å². The zero-order valence-corrected chi connectivity index (χ0v) is 19.2. The quantitative estimate of drug-likeness (QED) is 0.619. The highest BCUT2D eigenvalue weighted by Crippen LogP contribution is 2.40. The van der Waals surface area contributed by atoms with Gasteiger partial charge in [0.1, 0.15) is 5.75 Å². The number of fused-ring (bicyclic) bond motifs is 1. The SMILES string of the molecule is COc1cc2c(cc1OCCCN(C)C)C(c1cc(C(C)C)ccc1OC)NCC2. The van der Waals surface area contributed by atoms with Crippen LogP contribution in [0.1, 0.15) is 54.5 Å². The Morgan fingerprint density at radius 1 is 1.00 bits per heavy atom. The predicted molar refractivity (Wildman–Crippen MR) is 122 cm³/mol. The molecule has 0 aromatic heterocycles. The summed E-state index contributed by atoms with van der Waals surface area (Å²) in [5.74, 6) is 2.99. The molecule has 1 atom stereocenters. The van der Waals surface area contributed by atoms with Crippen molar-refractivity contribution < 1.29 is 14.2 Å². The van der Waals surface area contributed by atoms with E-state index >= 15 is 0 Å². The minimum absolute atomic E-state index is 0.0671. The first-order valence-electron chi connectivity index (χ1n) is 10.8. The summed E-state index contributed by atoms with van der Waals surface area (Å²) in [7, 11) is 7.61. The van der Waals surface area contributed by atoms with Crippen LogP contribution in [0.4, 0.5) is 0 Å². The van der Waals surface area contributed by atoms with Crippen LogP contribution in [0, 0.1) is 0 Å². The molecular formula is C25H36N2O3. The molecule has 0 saturated carbocycles. The van der Waals surface area contributed by atoms with Crippen molar-refractivity contribution in [2.75, 3.05) is 48.0 Å². The van der Waals surface area contributed by atoms with Gasteiger partial charge in [0.25, 0.3) is 0 Å². The van der Waals surface area contributed by atoms with Crippen LogP contribution < -0.4 is 19.5 Å². The number of nitrogens with one attached hydrogen (secondary N) is 1. The number of hydrogen-bond acceptors (Lipinski definition) is 5. The number of ether oxygens (including phenoxy) is 3. The molecule has 2 aromatic rings. The maximum atomic E-state index is 6.14. The fourth-order valence-electron chi connectivity index (χ4n) is 4.01. The van der Waals surface area contributed by atoms with E-state index in [4.69, 9.17) is 14.2 Å². The lowest BCUT2D eigenvalue weighted by molar-refractivity contribution is 0.267. The van der Waals surface area contributed by atoms with Gasteiger partial charge < -0.3 is 24.4 Å². The Bertz CT molecular complexity index is 849. The second-order valence-electron chi connectivity index (χ2n) is 8.50. The van der Waals surface area contributed by atoms with Crippen molar-refractivity contribution in [3.8, 4) is 17.2 Å². The van der Waals surface area contributed by atoms with E-state index in [-0.39, 0.29) is 6.04 Å². The summed E-state index contributed by atoms with van der Waals surface area (Å²) in [6.45, 7) is 7.02. The molecule has 0 bridgehead atoms. The van der Waals surface area contributed by atoms with Gasteiger partial charge in [0, 0.05) is 18.7 Å². The number of benzene rings is 2. The van der Waals surface area contributed by atoms with E-state index in [1.165, 1.54) is 22.3 Å². The predicted octanol–water partition coefficient (Wildman–Crippen LogP) is 4.39. The molecule has 0 amide bonds.